The maximum atomic E-state index is 13.5. The summed E-state index contributed by atoms with van der Waals surface area (Å²) >= 11 is 0. The van der Waals surface area contributed by atoms with E-state index in [0.717, 1.165) is 37.7 Å². The molecule has 1 heterocycles. The lowest BCUT2D eigenvalue weighted by atomic mass is 9.47. The van der Waals surface area contributed by atoms with Gasteiger partial charge in [0.15, 0.2) is 0 Å². The molecule has 4 aliphatic carbocycles. The molecule has 0 radical (unpaired) electrons. The van der Waals surface area contributed by atoms with Crippen LogP contribution < -0.4 is 0 Å². The van der Waals surface area contributed by atoms with Gasteiger partial charge in [0.1, 0.15) is 18.2 Å². The Balaban J connectivity index is 1.06. The number of pyridine rings is 1. The van der Waals surface area contributed by atoms with E-state index >= 15 is 0 Å². The number of hydrogen-bond donors (Lipinski definition) is 0. The fourth-order valence-electron chi connectivity index (χ4n) is 9.73. The molecule has 4 aliphatic rings. The Morgan fingerprint density at radius 3 is 2.39 bits per heavy atom. The number of hydrogen-bond acceptors (Lipinski definition) is 6. The van der Waals surface area contributed by atoms with Gasteiger partial charge >= 0.3 is 11.9 Å². The van der Waals surface area contributed by atoms with Gasteiger partial charge in [-0.25, -0.2) is 0 Å². The largest absolute Gasteiger partial charge is 0.462 e. The van der Waals surface area contributed by atoms with Gasteiger partial charge in [-0.2, -0.15) is 0 Å². The predicted molar refractivity (Wildman–Crippen MR) is 191 cm³/mol. The smallest absolute Gasteiger partial charge is 0.326 e. The number of esters is 2. The molecule has 49 heavy (non-hydrogen) atoms. The van der Waals surface area contributed by atoms with Crippen LogP contribution in [0.25, 0.3) is 5.57 Å². The first-order valence-corrected chi connectivity index (χ1v) is 18.3. The van der Waals surface area contributed by atoms with E-state index in [4.69, 9.17) is 9.47 Å². The third-order valence-electron chi connectivity index (χ3n) is 12.2. The monoisotopic (exact) mass is 666 g/mol. The first-order chi connectivity index (χ1) is 23.3. The minimum Gasteiger partial charge on any atom is -0.462 e. The number of benzene rings is 1. The molecule has 7 heteroatoms. The number of amides is 1. The van der Waals surface area contributed by atoms with Crippen molar-refractivity contribution in [3.05, 3.63) is 83.7 Å². The zero-order chi connectivity index (χ0) is 35.0. The molecule has 0 spiro atoms. The zero-order valence-electron chi connectivity index (χ0n) is 30.2. The summed E-state index contributed by atoms with van der Waals surface area (Å²) in [5.41, 5.74) is 4.79. The van der Waals surface area contributed by atoms with Crippen molar-refractivity contribution in [2.75, 3.05) is 6.54 Å². The van der Waals surface area contributed by atoms with Gasteiger partial charge in [-0.05, 0) is 118 Å². The average Bonchev–Trinajstić information content (AvgIpc) is 3.43. The Hall–Kier alpha value is -3.74. The Morgan fingerprint density at radius 1 is 0.918 bits per heavy atom. The number of rotatable bonds is 9. The molecule has 2 aromatic rings. The Labute approximate surface area is 292 Å². The highest BCUT2D eigenvalue weighted by Gasteiger charge is 2.57. The van der Waals surface area contributed by atoms with Crippen molar-refractivity contribution in [2.24, 2.45) is 28.6 Å². The van der Waals surface area contributed by atoms with Gasteiger partial charge in [0.25, 0.3) is 0 Å². The van der Waals surface area contributed by atoms with E-state index < -0.39 is 11.6 Å². The van der Waals surface area contributed by atoms with Crippen LogP contribution in [0.5, 0.6) is 0 Å². The van der Waals surface area contributed by atoms with E-state index in [0.29, 0.717) is 17.8 Å². The van der Waals surface area contributed by atoms with E-state index in [1.807, 2.05) is 55.7 Å². The van der Waals surface area contributed by atoms with E-state index in [-0.39, 0.29) is 54.2 Å². The fourth-order valence-corrected chi connectivity index (χ4v) is 9.73. The van der Waals surface area contributed by atoms with Crippen molar-refractivity contribution in [2.45, 2.75) is 117 Å². The molecule has 1 aromatic heterocycles. The Morgan fingerprint density at radius 2 is 1.67 bits per heavy atom. The van der Waals surface area contributed by atoms with Crippen LogP contribution in [0.15, 0.2) is 72.6 Å². The summed E-state index contributed by atoms with van der Waals surface area (Å²) in [6, 6.07) is 13.5. The molecule has 2 saturated carbocycles. The molecular formula is C42H54N2O5. The van der Waals surface area contributed by atoms with E-state index in [1.54, 1.807) is 20.8 Å². The zero-order valence-corrected chi connectivity index (χ0v) is 30.2. The first-order valence-electron chi connectivity index (χ1n) is 18.3. The molecule has 0 bridgehead atoms. The molecular weight excluding hydrogens is 612 g/mol. The third kappa shape index (κ3) is 7.27. The van der Waals surface area contributed by atoms with E-state index in [2.05, 4.69) is 37.0 Å². The van der Waals surface area contributed by atoms with Crippen LogP contribution in [-0.2, 0) is 23.9 Å². The van der Waals surface area contributed by atoms with Gasteiger partial charge < -0.3 is 14.4 Å². The average molecular weight is 667 g/mol. The highest BCUT2D eigenvalue weighted by Crippen LogP contribution is 2.66. The van der Waals surface area contributed by atoms with Gasteiger partial charge in [-0.15, -0.1) is 0 Å². The number of allylic oxidation sites excluding steroid dienone is 3. The fraction of sp³-hybridized carbons (Fsp3) is 0.571. The van der Waals surface area contributed by atoms with Crippen molar-refractivity contribution >= 4 is 23.4 Å². The summed E-state index contributed by atoms with van der Waals surface area (Å²) in [4.78, 5) is 45.4. The number of ether oxygens (including phenoxy) is 2. The van der Waals surface area contributed by atoms with Crippen molar-refractivity contribution in [3.8, 4) is 0 Å². The second kappa shape index (κ2) is 13.9. The van der Waals surface area contributed by atoms with Crippen LogP contribution in [0.4, 0.5) is 0 Å². The summed E-state index contributed by atoms with van der Waals surface area (Å²) in [5.74, 6) is 0.848. The molecule has 7 nitrogen and oxygen atoms in total. The maximum absolute atomic E-state index is 13.5. The summed E-state index contributed by atoms with van der Waals surface area (Å²) < 4.78 is 11.6. The van der Waals surface area contributed by atoms with Crippen LogP contribution in [0.1, 0.15) is 116 Å². The first kappa shape index (κ1) is 35.1. The molecule has 2 fully saturated rings. The Kier molecular flexibility index (Phi) is 9.94. The minimum atomic E-state index is -0.661. The standard InChI is InChI=1S/C42H54N2O5/c1-28(29-11-8-7-9-12-29)44(27-39(47)49-40(2,3)4)37(45)18-19-38(46)48-32-20-22-41(5)31(25-32)14-15-33-35-17-16-34(30-13-10-24-43-26-30)42(35,6)23-21-36(33)41/h7-14,16,24,26,28,32-33,35-36H,15,17-23,25,27H2,1-6H3/t28?,32-,33-,35-,36-,41-,42+/m0/s1. The number of aromatic nitrogens is 1. The molecule has 7 atom stereocenters. The second-order valence-corrected chi connectivity index (χ2v) is 16.4. The molecule has 0 saturated heterocycles. The van der Waals surface area contributed by atoms with Crippen LogP contribution in [-0.4, -0.2) is 46.0 Å². The number of nitrogens with zero attached hydrogens (tertiary/aromatic N) is 2. The topological polar surface area (TPSA) is 85.8 Å². The molecule has 0 aliphatic heterocycles. The van der Waals surface area contributed by atoms with Gasteiger partial charge in [-0.1, -0.05) is 68.0 Å². The lowest BCUT2D eigenvalue weighted by Gasteiger charge is -2.57. The van der Waals surface area contributed by atoms with Crippen LogP contribution >= 0.6 is 0 Å². The van der Waals surface area contributed by atoms with Crippen molar-refractivity contribution < 1.29 is 23.9 Å². The quantitative estimate of drug-likeness (QED) is 0.197. The van der Waals surface area contributed by atoms with Gasteiger partial charge in [0.05, 0.1) is 12.5 Å². The van der Waals surface area contributed by atoms with E-state index in [1.165, 1.54) is 34.5 Å². The number of fused-ring (bicyclic) bond motifs is 5. The SMILES string of the molecule is CC(c1ccccc1)N(CC(=O)OC(C)(C)C)C(=O)CCC(=O)O[C@H]1CC[C@@]2(C)C(=CC[C@@H]3[C@@H]2CC[C@]2(C)C(c4cccnc4)=CC[C@@H]32)C1. The summed E-state index contributed by atoms with van der Waals surface area (Å²) in [7, 11) is 0. The molecule has 0 N–H and O–H groups in total. The highest BCUT2D eigenvalue weighted by molar-refractivity contribution is 5.85. The summed E-state index contributed by atoms with van der Waals surface area (Å²) in [6.45, 7) is 12.1. The van der Waals surface area contributed by atoms with Crippen molar-refractivity contribution in [3.63, 3.8) is 0 Å². The normalized spacial score (nSPS) is 29.7. The van der Waals surface area contributed by atoms with Crippen LogP contribution in [0, 0.1) is 28.6 Å². The summed E-state index contributed by atoms with van der Waals surface area (Å²) in [5, 5.41) is 0. The lowest BCUT2D eigenvalue weighted by molar-refractivity contribution is -0.160. The maximum Gasteiger partial charge on any atom is 0.326 e. The van der Waals surface area contributed by atoms with Crippen LogP contribution in [0.2, 0.25) is 0 Å². The lowest BCUT2D eigenvalue weighted by Crippen LogP contribution is -2.50. The number of carbonyl (C=O) groups excluding carboxylic acids is 3. The summed E-state index contributed by atoms with van der Waals surface area (Å²) in [6.07, 6.45) is 15.9. The Bertz CT molecular complexity index is 1590. The van der Waals surface area contributed by atoms with E-state index in [9.17, 15) is 14.4 Å². The van der Waals surface area contributed by atoms with Crippen molar-refractivity contribution in [1.29, 1.82) is 0 Å². The van der Waals surface area contributed by atoms with Gasteiger partial charge in [0.2, 0.25) is 5.91 Å². The molecule has 1 unspecified atom stereocenters. The molecule has 1 amide bonds. The molecule has 6 rings (SSSR count). The van der Waals surface area contributed by atoms with Gasteiger partial charge in [0, 0.05) is 25.2 Å². The molecule has 262 valence electrons. The second-order valence-electron chi connectivity index (χ2n) is 16.4. The van der Waals surface area contributed by atoms with Gasteiger partial charge in [-0.3, -0.25) is 19.4 Å². The highest BCUT2D eigenvalue weighted by atomic mass is 16.6. The minimum absolute atomic E-state index is 0.0186. The van der Waals surface area contributed by atoms with Crippen LogP contribution in [0.3, 0.4) is 0 Å². The predicted octanol–water partition coefficient (Wildman–Crippen LogP) is 8.66. The van der Waals surface area contributed by atoms with Crippen molar-refractivity contribution in [1.82, 2.24) is 9.88 Å². The number of carbonyl (C=O) groups is 3. The third-order valence-corrected chi connectivity index (χ3v) is 12.2. The molecule has 1 aromatic carbocycles.